The van der Waals surface area contributed by atoms with Crippen LogP contribution in [0.2, 0.25) is 0 Å². The van der Waals surface area contributed by atoms with Gasteiger partial charge in [-0.25, -0.2) is 23.6 Å². The minimum atomic E-state index is -1.35. The summed E-state index contributed by atoms with van der Waals surface area (Å²) < 4.78 is 37.6. The zero-order chi connectivity index (χ0) is 25.2. The van der Waals surface area contributed by atoms with Gasteiger partial charge in [0, 0.05) is 18.8 Å². The van der Waals surface area contributed by atoms with Crippen molar-refractivity contribution in [1.82, 2.24) is 15.2 Å². The van der Waals surface area contributed by atoms with E-state index in [0.29, 0.717) is 30.1 Å². The number of carboxylic acids is 1. The van der Waals surface area contributed by atoms with Crippen molar-refractivity contribution < 1.29 is 33.0 Å². The molecule has 1 unspecified atom stereocenters. The fraction of sp³-hybridized carbons (Fsp3) is 0.333. The van der Waals surface area contributed by atoms with Crippen LogP contribution in [0.25, 0.3) is 0 Å². The van der Waals surface area contributed by atoms with Crippen LogP contribution in [0.4, 0.5) is 8.78 Å². The number of methoxy groups -OCH3 is 1. The molecule has 184 valence electrons. The number of benzene rings is 1. The van der Waals surface area contributed by atoms with Crippen LogP contribution in [0.15, 0.2) is 58.9 Å². The van der Waals surface area contributed by atoms with Crippen LogP contribution >= 0.6 is 0 Å². The normalized spacial score (nSPS) is 22.9. The number of hydrogen-bond acceptors (Lipinski definition) is 8. The summed E-state index contributed by atoms with van der Waals surface area (Å²) in [5.41, 5.74) is -0.0775. The molecular weight excluding hydrogens is 462 g/mol. The summed E-state index contributed by atoms with van der Waals surface area (Å²) in [6, 6.07) is 7.26. The summed E-state index contributed by atoms with van der Waals surface area (Å²) in [4.78, 5) is 35.4. The van der Waals surface area contributed by atoms with E-state index in [1.54, 1.807) is 11.8 Å². The molecule has 3 heterocycles. The molecule has 2 N–H and O–H groups in total. The first-order valence-corrected chi connectivity index (χ1v) is 10.8. The number of carbonyl (C=O) groups is 2. The number of carboxylic acid groups (broad SMARTS) is 1. The first kappa shape index (κ1) is 24.4. The molecule has 2 aliphatic heterocycles. The fourth-order valence-corrected chi connectivity index (χ4v) is 4.23. The lowest BCUT2D eigenvalue weighted by molar-refractivity contribution is -0.149. The van der Waals surface area contributed by atoms with Crippen molar-refractivity contribution >= 4 is 17.8 Å². The van der Waals surface area contributed by atoms with Crippen molar-refractivity contribution in [3.8, 4) is 0 Å². The van der Waals surface area contributed by atoms with Crippen LogP contribution in [0.3, 0.4) is 0 Å². The van der Waals surface area contributed by atoms with Crippen LogP contribution in [-0.4, -0.2) is 72.2 Å². The molecule has 1 fully saturated rings. The monoisotopic (exact) mass is 486 g/mol. The van der Waals surface area contributed by atoms with Gasteiger partial charge in [-0.05, 0) is 36.8 Å². The highest BCUT2D eigenvalue weighted by atomic mass is 19.1. The van der Waals surface area contributed by atoms with Gasteiger partial charge in [0.25, 0.3) is 0 Å². The molecule has 2 aliphatic rings. The van der Waals surface area contributed by atoms with Gasteiger partial charge >= 0.3 is 11.9 Å². The van der Waals surface area contributed by atoms with E-state index in [-0.39, 0.29) is 24.6 Å². The molecule has 0 amide bonds. The Balaban J connectivity index is 1.87. The van der Waals surface area contributed by atoms with Gasteiger partial charge in [0.2, 0.25) is 0 Å². The largest absolute Gasteiger partial charge is 0.480 e. The summed E-state index contributed by atoms with van der Waals surface area (Å²) >= 11 is 0. The summed E-state index contributed by atoms with van der Waals surface area (Å²) in [7, 11) is 1.23. The molecule has 0 bridgehead atoms. The van der Waals surface area contributed by atoms with Crippen molar-refractivity contribution in [2.24, 2.45) is 4.99 Å². The first-order valence-electron chi connectivity index (χ1n) is 10.8. The SMILES string of the molecule is COC(=O)C1=C(CN2CCOCC2C(=O)O)NC(c2ccc(F)cn2)=N[C@@]1(C)c1ccc(F)cc1. The number of esters is 1. The highest BCUT2D eigenvalue weighted by molar-refractivity contribution is 6.03. The van der Waals surface area contributed by atoms with E-state index in [0.717, 1.165) is 6.20 Å². The van der Waals surface area contributed by atoms with Gasteiger partial charge < -0.3 is 19.9 Å². The number of amidine groups is 1. The van der Waals surface area contributed by atoms with Crippen molar-refractivity contribution in [3.05, 3.63) is 76.8 Å². The summed E-state index contributed by atoms with van der Waals surface area (Å²) in [5, 5.41) is 12.8. The Labute approximate surface area is 200 Å². The zero-order valence-electron chi connectivity index (χ0n) is 19.1. The molecule has 0 radical (unpaired) electrons. The summed E-state index contributed by atoms with van der Waals surface area (Å²) in [6.07, 6.45) is 1.04. The molecule has 9 nitrogen and oxygen atoms in total. The summed E-state index contributed by atoms with van der Waals surface area (Å²) in [6.45, 7) is 2.32. The third-order valence-corrected chi connectivity index (χ3v) is 6.04. The molecule has 4 rings (SSSR count). The van der Waals surface area contributed by atoms with Gasteiger partial charge in [0.05, 0.1) is 32.1 Å². The van der Waals surface area contributed by atoms with Gasteiger partial charge in [0.15, 0.2) is 5.84 Å². The van der Waals surface area contributed by atoms with Crippen molar-refractivity contribution in [2.45, 2.75) is 18.5 Å². The Morgan fingerprint density at radius 3 is 2.57 bits per heavy atom. The number of carbonyl (C=O) groups excluding carboxylic acids is 1. The number of aromatic nitrogens is 1. The van der Waals surface area contributed by atoms with Crippen molar-refractivity contribution in [1.29, 1.82) is 0 Å². The van der Waals surface area contributed by atoms with Crippen molar-refractivity contribution in [3.63, 3.8) is 0 Å². The molecule has 1 aromatic carbocycles. The third kappa shape index (κ3) is 4.91. The highest BCUT2D eigenvalue weighted by Gasteiger charge is 2.43. The van der Waals surface area contributed by atoms with E-state index in [1.165, 1.54) is 43.5 Å². The average Bonchev–Trinajstić information content (AvgIpc) is 2.84. The van der Waals surface area contributed by atoms with E-state index in [4.69, 9.17) is 14.5 Å². The van der Waals surface area contributed by atoms with Crippen molar-refractivity contribution in [2.75, 3.05) is 33.4 Å². The van der Waals surface area contributed by atoms with Crippen LogP contribution in [0, 0.1) is 11.6 Å². The van der Waals surface area contributed by atoms with E-state index in [9.17, 15) is 23.5 Å². The Morgan fingerprint density at radius 1 is 1.23 bits per heavy atom. The third-order valence-electron chi connectivity index (χ3n) is 6.04. The number of aliphatic imine (C=N–C) groups is 1. The van der Waals surface area contributed by atoms with Crippen LogP contribution < -0.4 is 5.32 Å². The minimum Gasteiger partial charge on any atom is -0.480 e. The van der Waals surface area contributed by atoms with E-state index >= 15 is 0 Å². The zero-order valence-corrected chi connectivity index (χ0v) is 19.1. The van der Waals surface area contributed by atoms with Gasteiger partial charge in [-0.3, -0.25) is 9.69 Å². The fourth-order valence-electron chi connectivity index (χ4n) is 4.23. The van der Waals surface area contributed by atoms with Gasteiger partial charge in [0.1, 0.15) is 28.9 Å². The Kier molecular flexibility index (Phi) is 6.90. The topological polar surface area (TPSA) is 113 Å². The average molecular weight is 486 g/mol. The second-order valence-electron chi connectivity index (χ2n) is 8.27. The molecule has 0 aliphatic carbocycles. The maximum atomic E-state index is 13.7. The predicted octanol–water partition coefficient (Wildman–Crippen LogP) is 1.84. The lowest BCUT2D eigenvalue weighted by Crippen LogP contribution is -2.53. The molecule has 0 saturated carbocycles. The van der Waals surface area contributed by atoms with E-state index in [2.05, 4.69) is 10.3 Å². The Hall–Kier alpha value is -3.70. The Bertz CT molecular complexity index is 1180. The quantitative estimate of drug-likeness (QED) is 0.595. The Morgan fingerprint density at radius 2 is 1.94 bits per heavy atom. The van der Waals surface area contributed by atoms with Gasteiger partial charge in [-0.1, -0.05) is 12.1 Å². The molecule has 2 atom stereocenters. The summed E-state index contributed by atoms with van der Waals surface area (Å²) in [5.74, 6) is -2.50. The lowest BCUT2D eigenvalue weighted by Gasteiger charge is -2.38. The molecule has 35 heavy (non-hydrogen) atoms. The second-order valence-corrected chi connectivity index (χ2v) is 8.27. The van der Waals surface area contributed by atoms with E-state index in [1.807, 2.05) is 0 Å². The molecule has 1 saturated heterocycles. The molecule has 2 aromatic rings. The number of aliphatic carboxylic acids is 1. The van der Waals surface area contributed by atoms with E-state index < -0.39 is 35.2 Å². The molecule has 0 spiro atoms. The van der Waals surface area contributed by atoms with Gasteiger partial charge in [-0.15, -0.1) is 0 Å². The number of rotatable bonds is 6. The first-order chi connectivity index (χ1) is 16.7. The number of halogens is 2. The number of nitrogens with one attached hydrogen (secondary N) is 1. The van der Waals surface area contributed by atoms with Crippen LogP contribution in [-0.2, 0) is 24.6 Å². The number of morpholine rings is 1. The highest BCUT2D eigenvalue weighted by Crippen LogP contribution is 2.39. The smallest absolute Gasteiger partial charge is 0.338 e. The maximum absolute atomic E-state index is 13.7. The van der Waals surface area contributed by atoms with Crippen LogP contribution in [0.5, 0.6) is 0 Å². The molecular formula is C24H24F2N4O5. The number of pyridine rings is 1. The standard InChI is InChI=1S/C24H24F2N4O5/c1-24(14-3-5-15(25)6-4-14)20(23(33)34-2)18(12-30-9-10-35-13-19(30)22(31)32)28-21(29-24)17-8-7-16(26)11-27-17/h3-8,11,19H,9-10,12-13H2,1-2H3,(H,28,29)(H,31,32)/t19?,24-/m0/s1. The molecule has 1 aromatic heterocycles. The minimum absolute atomic E-state index is 0.00807. The van der Waals surface area contributed by atoms with Gasteiger partial charge in [-0.2, -0.15) is 0 Å². The number of nitrogens with zero attached hydrogens (tertiary/aromatic N) is 3. The maximum Gasteiger partial charge on any atom is 0.338 e. The second kappa shape index (κ2) is 9.88. The number of hydrogen-bond donors (Lipinski definition) is 2. The van der Waals surface area contributed by atoms with Crippen LogP contribution in [0.1, 0.15) is 18.2 Å². The lowest BCUT2D eigenvalue weighted by atomic mass is 9.82. The number of ether oxygens (including phenoxy) is 2. The predicted molar refractivity (Wildman–Crippen MR) is 120 cm³/mol. The molecule has 11 heteroatoms.